The molecular weight excluding hydrogens is 601 g/mol. The molecule has 3 heteroatoms. The van der Waals surface area contributed by atoms with Gasteiger partial charge < -0.3 is 9.13 Å². The largest absolute Gasteiger partial charge is 0.307 e. The van der Waals surface area contributed by atoms with E-state index in [4.69, 9.17) is 0 Å². The minimum Gasteiger partial charge on any atom is -0.307 e. The SMILES string of the molecule is C/C=C\C1=C(C)c2ccc(-n3c4ccccc4c4c5c6ccccc6sc5c5c6ccccc6n(-c6ccccc6)c5c43)cc2C1(C)C. The van der Waals surface area contributed by atoms with Crippen molar-refractivity contribution in [2.75, 3.05) is 0 Å². The van der Waals surface area contributed by atoms with Crippen LogP contribution in [0.2, 0.25) is 0 Å². The van der Waals surface area contributed by atoms with Crippen molar-refractivity contribution < 1.29 is 0 Å². The van der Waals surface area contributed by atoms with Crippen LogP contribution in [0.3, 0.4) is 0 Å². The molecule has 230 valence electrons. The van der Waals surface area contributed by atoms with E-state index in [9.17, 15) is 0 Å². The summed E-state index contributed by atoms with van der Waals surface area (Å²) in [6.45, 7) is 9.15. The van der Waals surface area contributed by atoms with Gasteiger partial charge in [-0.15, -0.1) is 11.3 Å². The Hall–Kier alpha value is -5.38. The summed E-state index contributed by atoms with van der Waals surface area (Å²) in [4.78, 5) is 0. The molecule has 0 unspecified atom stereocenters. The second-order valence-electron chi connectivity index (χ2n) is 13.7. The molecule has 0 radical (unpaired) electrons. The Morgan fingerprint density at radius 3 is 1.94 bits per heavy atom. The van der Waals surface area contributed by atoms with Crippen molar-refractivity contribution in [1.29, 1.82) is 0 Å². The number of allylic oxidation sites excluding steroid dienone is 4. The van der Waals surface area contributed by atoms with Gasteiger partial charge in [-0.2, -0.15) is 0 Å². The van der Waals surface area contributed by atoms with E-state index >= 15 is 0 Å². The van der Waals surface area contributed by atoms with Crippen LogP contribution in [-0.2, 0) is 5.41 Å². The van der Waals surface area contributed by atoms with Crippen LogP contribution in [0.1, 0.15) is 38.8 Å². The number of aromatic nitrogens is 2. The molecular formula is C45H34N2S. The second kappa shape index (κ2) is 9.82. The molecule has 0 bridgehead atoms. The Kier molecular flexibility index (Phi) is 5.67. The lowest BCUT2D eigenvalue weighted by atomic mass is 9.81. The Bertz CT molecular complexity index is 2870. The van der Waals surface area contributed by atoms with E-state index in [2.05, 4.69) is 170 Å². The Balaban J connectivity index is 1.48. The van der Waals surface area contributed by atoms with Crippen molar-refractivity contribution in [2.24, 2.45) is 0 Å². The minimum atomic E-state index is -0.0915. The fourth-order valence-corrected chi connectivity index (χ4v) is 10.0. The Labute approximate surface area is 283 Å². The molecule has 1 aliphatic rings. The first kappa shape index (κ1) is 27.7. The summed E-state index contributed by atoms with van der Waals surface area (Å²) in [5, 5.41) is 7.92. The summed E-state index contributed by atoms with van der Waals surface area (Å²) in [6.07, 6.45) is 4.48. The summed E-state index contributed by atoms with van der Waals surface area (Å²) in [5.41, 5.74) is 12.8. The van der Waals surface area contributed by atoms with Crippen LogP contribution in [0.15, 0.2) is 139 Å². The molecule has 48 heavy (non-hydrogen) atoms. The molecule has 9 aromatic rings. The number of fused-ring (bicyclic) bond motifs is 13. The fraction of sp³-hybridized carbons (Fsp3) is 0.111. The molecule has 2 nitrogen and oxygen atoms in total. The van der Waals surface area contributed by atoms with Crippen molar-refractivity contribution in [3.8, 4) is 11.4 Å². The van der Waals surface area contributed by atoms with Crippen LogP contribution in [-0.4, -0.2) is 9.13 Å². The summed E-state index contributed by atoms with van der Waals surface area (Å²) in [7, 11) is 0. The number of thiophene rings is 1. The highest BCUT2D eigenvalue weighted by Gasteiger charge is 2.35. The van der Waals surface area contributed by atoms with Gasteiger partial charge in [-0.3, -0.25) is 0 Å². The van der Waals surface area contributed by atoms with Crippen LogP contribution in [0.5, 0.6) is 0 Å². The Morgan fingerprint density at radius 1 is 0.604 bits per heavy atom. The fourth-order valence-electron chi connectivity index (χ4n) is 8.77. The molecule has 1 aliphatic carbocycles. The van der Waals surface area contributed by atoms with Crippen molar-refractivity contribution in [3.05, 3.63) is 150 Å². The minimum absolute atomic E-state index is 0.0915. The van der Waals surface area contributed by atoms with E-state index in [-0.39, 0.29) is 5.41 Å². The smallest absolute Gasteiger partial charge is 0.0803 e. The zero-order chi connectivity index (χ0) is 32.3. The standard InChI is InChI=1S/C45H34N2S/c1-5-15-34-27(2)30-25-24-29(26-35(30)45(34,3)4)47-36-21-12-9-18-31(36)39-40-33-20-11-14-23-38(33)48-44(40)41-32-19-10-13-22-37(32)46(43(41)42(39)47)28-16-7-6-8-17-28/h5-26H,1-4H3/b15-5-. The average Bonchev–Trinajstić information content (AvgIpc) is 3.82. The summed E-state index contributed by atoms with van der Waals surface area (Å²) in [5.74, 6) is 0. The average molecular weight is 635 g/mol. The molecule has 0 N–H and O–H groups in total. The zero-order valence-electron chi connectivity index (χ0n) is 27.5. The first-order valence-electron chi connectivity index (χ1n) is 16.8. The number of hydrogen-bond donors (Lipinski definition) is 0. The van der Waals surface area contributed by atoms with Crippen molar-refractivity contribution in [3.63, 3.8) is 0 Å². The van der Waals surface area contributed by atoms with E-state index in [0.29, 0.717) is 0 Å². The Morgan fingerprint density at radius 2 is 1.21 bits per heavy atom. The van der Waals surface area contributed by atoms with E-state index in [1.165, 1.54) is 97.4 Å². The van der Waals surface area contributed by atoms with E-state index in [1.807, 2.05) is 11.3 Å². The lowest BCUT2D eigenvalue weighted by Crippen LogP contribution is -2.16. The quantitative estimate of drug-likeness (QED) is 0.183. The summed E-state index contributed by atoms with van der Waals surface area (Å²) < 4.78 is 7.76. The lowest BCUT2D eigenvalue weighted by molar-refractivity contribution is 0.653. The topological polar surface area (TPSA) is 9.86 Å². The third-order valence-corrected chi connectivity index (χ3v) is 12.0. The van der Waals surface area contributed by atoms with Crippen molar-refractivity contribution >= 4 is 80.7 Å². The van der Waals surface area contributed by atoms with Gasteiger partial charge in [-0.25, -0.2) is 0 Å². The van der Waals surface area contributed by atoms with Crippen molar-refractivity contribution in [1.82, 2.24) is 9.13 Å². The molecule has 0 fully saturated rings. The van der Waals surface area contributed by atoms with Gasteiger partial charge in [0.25, 0.3) is 0 Å². The molecule has 0 amide bonds. The highest BCUT2D eigenvalue weighted by atomic mass is 32.1. The molecule has 0 spiro atoms. The van der Waals surface area contributed by atoms with E-state index in [1.54, 1.807) is 0 Å². The van der Waals surface area contributed by atoms with Gasteiger partial charge in [-0.1, -0.05) is 105 Å². The third-order valence-electron chi connectivity index (χ3n) is 10.8. The molecule has 3 heterocycles. The number of rotatable bonds is 3. The van der Waals surface area contributed by atoms with Gasteiger partial charge in [-0.05, 0) is 78.6 Å². The van der Waals surface area contributed by atoms with Gasteiger partial charge in [0.15, 0.2) is 0 Å². The van der Waals surface area contributed by atoms with Gasteiger partial charge >= 0.3 is 0 Å². The van der Waals surface area contributed by atoms with Crippen LogP contribution in [0.25, 0.3) is 80.7 Å². The molecule has 3 aromatic heterocycles. The van der Waals surface area contributed by atoms with Gasteiger partial charge in [0.2, 0.25) is 0 Å². The number of nitrogens with zero attached hydrogens (tertiary/aromatic N) is 2. The van der Waals surface area contributed by atoms with Crippen molar-refractivity contribution in [2.45, 2.75) is 33.1 Å². The number of benzene rings is 6. The first-order valence-corrected chi connectivity index (χ1v) is 17.6. The predicted octanol–water partition coefficient (Wildman–Crippen LogP) is 12.9. The number of hydrogen-bond acceptors (Lipinski definition) is 1. The maximum absolute atomic E-state index is 2.57. The van der Waals surface area contributed by atoms with Crippen LogP contribution >= 0.6 is 11.3 Å². The van der Waals surface area contributed by atoms with Gasteiger partial charge in [0.1, 0.15) is 0 Å². The first-order chi connectivity index (χ1) is 23.5. The highest BCUT2D eigenvalue weighted by molar-refractivity contribution is 7.27. The molecule has 6 aromatic carbocycles. The maximum atomic E-state index is 2.57. The second-order valence-corrected chi connectivity index (χ2v) is 14.7. The predicted molar refractivity (Wildman–Crippen MR) is 208 cm³/mol. The van der Waals surface area contributed by atoms with E-state index in [0.717, 1.165) is 0 Å². The van der Waals surface area contributed by atoms with Crippen LogP contribution in [0, 0.1) is 0 Å². The molecule has 0 atom stereocenters. The van der Waals surface area contributed by atoms with Crippen LogP contribution in [0.4, 0.5) is 0 Å². The summed E-state index contributed by atoms with van der Waals surface area (Å²) in [6, 6.07) is 45.1. The maximum Gasteiger partial charge on any atom is 0.0803 e. The van der Waals surface area contributed by atoms with Gasteiger partial charge in [0.05, 0.1) is 22.1 Å². The molecule has 10 rings (SSSR count). The lowest BCUT2D eigenvalue weighted by Gasteiger charge is -2.24. The highest BCUT2D eigenvalue weighted by Crippen LogP contribution is 2.52. The molecule has 0 saturated heterocycles. The molecule has 0 saturated carbocycles. The van der Waals surface area contributed by atoms with E-state index < -0.39 is 0 Å². The summed E-state index contributed by atoms with van der Waals surface area (Å²) >= 11 is 1.93. The normalized spacial score (nSPS) is 14.7. The van der Waals surface area contributed by atoms with Gasteiger partial charge in [0, 0.05) is 58.5 Å². The third kappa shape index (κ3) is 3.47. The monoisotopic (exact) mass is 634 g/mol. The zero-order valence-corrected chi connectivity index (χ0v) is 28.3. The van der Waals surface area contributed by atoms with Crippen LogP contribution < -0.4 is 0 Å². The molecule has 0 aliphatic heterocycles. The number of para-hydroxylation sites is 3.